The third-order valence-corrected chi connectivity index (χ3v) is 2.17. The van der Waals surface area contributed by atoms with Gasteiger partial charge in [0.05, 0.1) is 18.7 Å². The SMILES string of the molecule is Nc1ccccc1C(=O)N1CCCO1. The second-order valence-corrected chi connectivity index (χ2v) is 3.18. The number of para-hydroxylation sites is 1. The highest BCUT2D eigenvalue weighted by molar-refractivity contribution is 5.98. The Kier molecular flexibility index (Phi) is 2.37. The second kappa shape index (κ2) is 3.67. The van der Waals surface area contributed by atoms with Gasteiger partial charge in [0.15, 0.2) is 0 Å². The van der Waals surface area contributed by atoms with Crippen LogP contribution in [0.25, 0.3) is 0 Å². The summed E-state index contributed by atoms with van der Waals surface area (Å²) >= 11 is 0. The molecule has 0 atom stereocenters. The number of hydrogen-bond acceptors (Lipinski definition) is 3. The molecule has 1 fully saturated rings. The molecule has 74 valence electrons. The molecule has 1 amide bonds. The zero-order valence-electron chi connectivity index (χ0n) is 7.77. The van der Waals surface area contributed by atoms with E-state index in [0.717, 1.165) is 6.42 Å². The number of carbonyl (C=O) groups excluding carboxylic acids is 1. The molecule has 0 bridgehead atoms. The van der Waals surface area contributed by atoms with Crippen LogP contribution in [0.15, 0.2) is 24.3 Å². The average Bonchev–Trinajstić information content (AvgIpc) is 2.70. The first-order valence-electron chi connectivity index (χ1n) is 4.58. The lowest BCUT2D eigenvalue weighted by molar-refractivity contribution is -0.0767. The Morgan fingerprint density at radius 2 is 2.21 bits per heavy atom. The van der Waals surface area contributed by atoms with E-state index in [0.29, 0.717) is 24.4 Å². The van der Waals surface area contributed by atoms with Gasteiger partial charge in [-0.1, -0.05) is 12.1 Å². The molecule has 4 heteroatoms. The van der Waals surface area contributed by atoms with Gasteiger partial charge < -0.3 is 5.73 Å². The van der Waals surface area contributed by atoms with Crippen LogP contribution in [0.1, 0.15) is 16.8 Å². The van der Waals surface area contributed by atoms with Crippen LogP contribution in [0.5, 0.6) is 0 Å². The summed E-state index contributed by atoms with van der Waals surface area (Å²) in [6.07, 6.45) is 0.887. The van der Waals surface area contributed by atoms with Gasteiger partial charge >= 0.3 is 0 Å². The van der Waals surface area contributed by atoms with E-state index in [2.05, 4.69) is 0 Å². The number of nitrogens with two attached hydrogens (primary N) is 1. The molecule has 1 saturated heterocycles. The van der Waals surface area contributed by atoms with Crippen molar-refractivity contribution in [1.82, 2.24) is 5.06 Å². The van der Waals surface area contributed by atoms with Crippen LogP contribution in [0.3, 0.4) is 0 Å². The normalized spacial score (nSPS) is 15.9. The molecule has 2 rings (SSSR count). The fourth-order valence-electron chi connectivity index (χ4n) is 1.43. The maximum absolute atomic E-state index is 11.8. The molecule has 1 aromatic rings. The monoisotopic (exact) mass is 192 g/mol. The smallest absolute Gasteiger partial charge is 0.279 e. The fraction of sp³-hybridized carbons (Fsp3) is 0.300. The third kappa shape index (κ3) is 1.56. The van der Waals surface area contributed by atoms with Crippen molar-refractivity contribution in [3.8, 4) is 0 Å². The van der Waals surface area contributed by atoms with E-state index in [1.54, 1.807) is 24.3 Å². The number of nitrogens with zero attached hydrogens (tertiary/aromatic N) is 1. The van der Waals surface area contributed by atoms with Crippen LogP contribution in [-0.4, -0.2) is 24.1 Å². The van der Waals surface area contributed by atoms with Crippen LogP contribution in [0, 0.1) is 0 Å². The van der Waals surface area contributed by atoms with Crippen molar-refractivity contribution in [3.63, 3.8) is 0 Å². The zero-order chi connectivity index (χ0) is 9.97. The molecule has 0 aromatic heterocycles. The molecule has 2 N–H and O–H groups in total. The summed E-state index contributed by atoms with van der Waals surface area (Å²) in [6.45, 7) is 1.26. The fourth-order valence-corrected chi connectivity index (χ4v) is 1.43. The first-order valence-corrected chi connectivity index (χ1v) is 4.58. The molecule has 0 radical (unpaired) electrons. The van der Waals surface area contributed by atoms with Crippen LogP contribution < -0.4 is 5.73 Å². The molecule has 0 aliphatic carbocycles. The number of amides is 1. The van der Waals surface area contributed by atoms with Crippen LogP contribution in [0.2, 0.25) is 0 Å². The largest absolute Gasteiger partial charge is 0.398 e. The van der Waals surface area contributed by atoms with E-state index in [4.69, 9.17) is 10.6 Å². The summed E-state index contributed by atoms with van der Waals surface area (Å²) < 4.78 is 0. The van der Waals surface area contributed by atoms with E-state index in [1.165, 1.54) is 5.06 Å². The molecule has 4 nitrogen and oxygen atoms in total. The summed E-state index contributed by atoms with van der Waals surface area (Å²) in [6, 6.07) is 7.01. The Morgan fingerprint density at radius 3 is 2.86 bits per heavy atom. The second-order valence-electron chi connectivity index (χ2n) is 3.18. The minimum atomic E-state index is -0.152. The molecule has 1 aliphatic rings. The lowest BCUT2D eigenvalue weighted by atomic mass is 10.1. The van der Waals surface area contributed by atoms with Crippen LogP contribution in [0.4, 0.5) is 5.69 Å². The van der Waals surface area contributed by atoms with Crippen LogP contribution in [-0.2, 0) is 4.84 Å². The minimum Gasteiger partial charge on any atom is -0.398 e. The van der Waals surface area contributed by atoms with Gasteiger partial charge in [0.25, 0.3) is 5.91 Å². The maximum atomic E-state index is 11.8. The van der Waals surface area contributed by atoms with Crippen molar-refractivity contribution in [3.05, 3.63) is 29.8 Å². The number of hydrogen-bond donors (Lipinski definition) is 1. The lowest BCUT2D eigenvalue weighted by Gasteiger charge is -2.14. The molecular formula is C10H12N2O2. The zero-order valence-corrected chi connectivity index (χ0v) is 7.77. The van der Waals surface area contributed by atoms with Gasteiger partial charge in [0.2, 0.25) is 0 Å². The Hall–Kier alpha value is -1.55. The summed E-state index contributed by atoms with van der Waals surface area (Å²) in [5.41, 5.74) is 6.69. The Bertz CT molecular complexity index is 346. The van der Waals surface area contributed by atoms with Crippen molar-refractivity contribution in [2.24, 2.45) is 0 Å². The first kappa shape index (κ1) is 9.02. The van der Waals surface area contributed by atoms with E-state index in [1.807, 2.05) is 0 Å². The van der Waals surface area contributed by atoms with Gasteiger partial charge in [0, 0.05) is 5.69 Å². The predicted molar refractivity (Wildman–Crippen MR) is 52.5 cm³/mol. The van der Waals surface area contributed by atoms with Crippen molar-refractivity contribution >= 4 is 11.6 Å². The standard InChI is InChI=1S/C10H12N2O2/c11-9-5-2-1-4-8(9)10(13)12-6-3-7-14-12/h1-2,4-5H,3,6-7,11H2. The highest BCUT2D eigenvalue weighted by Crippen LogP contribution is 2.16. The quantitative estimate of drug-likeness (QED) is 0.676. The maximum Gasteiger partial charge on any atom is 0.279 e. The third-order valence-electron chi connectivity index (χ3n) is 2.17. The molecule has 0 unspecified atom stereocenters. The van der Waals surface area contributed by atoms with Crippen molar-refractivity contribution in [2.45, 2.75) is 6.42 Å². The molecule has 1 aromatic carbocycles. The molecule has 14 heavy (non-hydrogen) atoms. The number of rotatable bonds is 1. The van der Waals surface area contributed by atoms with Gasteiger partial charge in [-0.25, -0.2) is 5.06 Å². The number of anilines is 1. The number of nitrogen functional groups attached to an aromatic ring is 1. The molecule has 1 heterocycles. The Labute approximate surface area is 82.2 Å². The van der Waals surface area contributed by atoms with E-state index in [-0.39, 0.29) is 5.91 Å². The van der Waals surface area contributed by atoms with Crippen molar-refractivity contribution in [2.75, 3.05) is 18.9 Å². The van der Waals surface area contributed by atoms with Crippen molar-refractivity contribution < 1.29 is 9.63 Å². The predicted octanol–water partition coefficient (Wildman–Crippen LogP) is 1.05. The van der Waals surface area contributed by atoms with E-state index >= 15 is 0 Å². The summed E-state index contributed by atoms with van der Waals surface area (Å²) in [5, 5.41) is 1.37. The lowest BCUT2D eigenvalue weighted by Crippen LogP contribution is -2.27. The topological polar surface area (TPSA) is 55.6 Å². The van der Waals surface area contributed by atoms with Gasteiger partial charge in [-0.05, 0) is 18.6 Å². The first-order chi connectivity index (χ1) is 6.79. The number of hydroxylamine groups is 2. The summed E-state index contributed by atoms with van der Waals surface area (Å²) in [7, 11) is 0. The van der Waals surface area contributed by atoms with E-state index < -0.39 is 0 Å². The van der Waals surface area contributed by atoms with E-state index in [9.17, 15) is 4.79 Å². The Balaban J connectivity index is 2.22. The number of benzene rings is 1. The average molecular weight is 192 g/mol. The molecule has 0 spiro atoms. The molecule has 0 saturated carbocycles. The molecule has 1 aliphatic heterocycles. The van der Waals surface area contributed by atoms with Crippen LogP contribution >= 0.6 is 0 Å². The number of carbonyl (C=O) groups is 1. The van der Waals surface area contributed by atoms with Gasteiger partial charge in [-0.2, -0.15) is 0 Å². The highest BCUT2D eigenvalue weighted by atomic mass is 16.7. The minimum absolute atomic E-state index is 0.152. The van der Waals surface area contributed by atoms with Gasteiger partial charge in [0.1, 0.15) is 0 Å². The highest BCUT2D eigenvalue weighted by Gasteiger charge is 2.21. The van der Waals surface area contributed by atoms with Gasteiger partial charge in [-0.3, -0.25) is 9.63 Å². The summed E-state index contributed by atoms with van der Waals surface area (Å²) in [4.78, 5) is 16.9. The van der Waals surface area contributed by atoms with Gasteiger partial charge in [-0.15, -0.1) is 0 Å². The summed E-state index contributed by atoms with van der Waals surface area (Å²) in [5.74, 6) is -0.152. The Morgan fingerprint density at radius 1 is 1.43 bits per heavy atom. The molecular weight excluding hydrogens is 180 g/mol. The van der Waals surface area contributed by atoms with Crippen molar-refractivity contribution in [1.29, 1.82) is 0 Å².